The summed E-state index contributed by atoms with van der Waals surface area (Å²) in [6.07, 6.45) is 5.50. The molecular formula is C16H22OSi. The fraction of sp³-hybridized carbons (Fsp3) is 0.375. The largest absolute Gasteiger partial charge is 0.543 e. The van der Waals surface area contributed by atoms with Crippen LogP contribution in [0.5, 0.6) is 0 Å². The average molecular weight is 258 g/mol. The maximum atomic E-state index is 6.18. The molecule has 0 unspecified atom stereocenters. The lowest BCUT2D eigenvalue weighted by Gasteiger charge is -2.37. The van der Waals surface area contributed by atoms with Gasteiger partial charge in [-0.15, -0.1) is 6.42 Å². The highest BCUT2D eigenvalue weighted by atomic mass is 28.4. The molecule has 1 rings (SSSR count). The predicted molar refractivity (Wildman–Crippen MR) is 81.7 cm³/mol. The van der Waals surface area contributed by atoms with Crippen LogP contribution in [-0.2, 0) is 4.43 Å². The van der Waals surface area contributed by atoms with E-state index in [2.05, 4.69) is 46.4 Å². The third-order valence-corrected chi connectivity index (χ3v) is 7.94. The van der Waals surface area contributed by atoms with E-state index in [-0.39, 0.29) is 5.04 Å². The molecule has 1 aromatic rings. The van der Waals surface area contributed by atoms with Crippen LogP contribution in [0, 0.1) is 12.3 Å². The summed E-state index contributed by atoms with van der Waals surface area (Å²) in [6.45, 7) is 15.1. The molecule has 1 nitrogen and oxygen atoms in total. The summed E-state index contributed by atoms with van der Waals surface area (Å²) in [6, 6.07) is 7.76. The second-order valence-corrected chi connectivity index (χ2v) is 10.7. The number of hydrogen-bond acceptors (Lipinski definition) is 1. The van der Waals surface area contributed by atoms with E-state index in [1.165, 1.54) is 0 Å². The van der Waals surface area contributed by atoms with Crippen molar-refractivity contribution in [3.63, 3.8) is 0 Å². The Labute approximate surface area is 112 Å². The fourth-order valence-electron chi connectivity index (χ4n) is 1.37. The summed E-state index contributed by atoms with van der Waals surface area (Å²) in [5.41, 5.74) is 1.76. The van der Waals surface area contributed by atoms with E-state index >= 15 is 0 Å². The average Bonchev–Trinajstić information content (AvgIpc) is 2.26. The van der Waals surface area contributed by atoms with E-state index in [1.54, 1.807) is 0 Å². The van der Waals surface area contributed by atoms with Gasteiger partial charge in [-0.25, -0.2) is 0 Å². The highest BCUT2D eigenvalue weighted by Crippen LogP contribution is 2.39. The van der Waals surface area contributed by atoms with Crippen LogP contribution in [0.2, 0.25) is 18.1 Å². The second kappa shape index (κ2) is 5.03. The monoisotopic (exact) mass is 258 g/mol. The molecule has 0 aliphatic rings. The molecular weight excluding hydrogens is 236 g/mol. The summed E-state index contributed by atoms with van der Waals surface area (Å²) in [4.78, 5) is 0. The van der Waals surface area contributed by atoms with Gasteiger partial charge in [0.25, 0.3) is 0 Å². The van der Waals surface area contributed by atoms with Gasteiger partial charge in [0.2, 0.25) is 8.32 Å². The van der Waals surface area contributed by atoms with Gasteiger partial charge in [0.05, 0.1) is 0 Å². The van der Waals surface area contributed by atoms with E-state index in [1.807, 2.05) is 24.3 Å². The molecule has 0 N–H and O–H groups in total. The van der Waals surface area contributed by atoms with Crippen LogP contribution in [0.4, 0.5) is 0 Å². The summed E-state index contributed by atoms with van der Waals surface area (Å²) in [7, 11) is -1.85. The van der Waals surface area contributed by atoms with Crippen molar-refractivity contribution in [2.24, 2.45) is 0 Å². The van der Waals surface area contributed by atoms with E-state index < -0.39 is 8.32 Å². The third-order valence-electron chi connectivity index (χ3n) is 3.57. The Morgan fingerprint density at radius 2 is 1.83 bits per heavy atom. The molecule has 0 amide bonds. The van der Waals surface area contributed by atoms with Gasteiger partial charge < -0.3 is 4.43 Å². The van der Waals surface area contributed by atoms with Crippen molar-refractivity contribution in [3.05, 3.63) is 42.0 Å². The third kappa shape index (κ3) is 3.05. The molecule has 0 aliphatic carbocycles. The van der Waals surface area contributed by atoms with Crippen molar-refractivity contribution < 1.29 is 4.43 Å². The first-order chi connectivity index (χ1) is 8.19. The minimum Gasteiger partial charge on any atom is -0.543 e. The van der Waals surface area contributed by atoms with Gasteiger partial charge in [-0.2, -0.15) is 0 Å². The first-order valence-corrected chi connectivity index (χ1v) is 9.04. The molecule has 0 saturated heterocycles. The smallest absolute Gasteiger partial charge is 0.250 e. The number of hydrogen-bond donors (Lipinski definition) is 0. The molecule has 0 heterocycles. The maximum absolute atomic E-state index is 6.18. The number of terminal acetylenes is 1. The molecule has 0 aliphatic heterocycles. The van der Waals surface area contributed by atoms with Gasteiger partial charge >= 0.3 is 0 Å². The molecule has 2 heteroatoms. The minimum absolute atomic E-state index is 0.154. The van der Waals surface area contributed by atoms with Crippen molar-refractivity contribution in [3.8, 4) is 12.3 Å². The fourth-order valence-corrected chi connectivity index (χ4v) is 2.40. The number of rotatable bonds is 3. The highest BCUT2D eigenvalue weighted by molar-refractivity contribution is 6.74. The normalized spacial score (nSPS) is 11.8. The first-order valence-electron chi connectivity index (χ1n) is 6.13. The lowest BCUT2D eigenvalue weighted by atomic mass is 10.1. The summed E-state index contributed by atoms with van der Waals surface area (Å²) >= 11 is 0. The zero-order valence-corrected chi connectivity index (χ0v) is 13.0. The topological polar surface area (TPSA) is 9.23 Å². The van der Waals surface area contributed by atoms with Crippen molar-refractivity contribution in [2.45, 2.75) is 38.9 Å². The van der Waals surface area contributed by atoms with Crippen molar-refractivity contribution in [1.29, 1.82) is 0 Å². The highest BCUT2D eigenvalue weighted by Gasteiger charge is 2.39. The van der Waals surface area contributed by atoms with Crippen LogP contribution < -0.4 is 0 Å². The van der Waals surface area contributed by atoms with Gasteiger partial charge in [0.15, 0.2) is 0 Å². The van der Waals surface area contributed by atoms with Crippen LogP contribution in [0.1, 0.15) is 31.9 Å². The SMILES string of the molecule is C#Cc1ccccc1C(=C)O[Si](C)(C)C(C)(C)C. The summed E-state index contributed by atoms with van der Waals surface area (Å²) in [5, 5.41) is 0.154. The van der Waals surface area contributed by atoms with Gasteiger partial charge in [0, 0.05) is 11.1 Å². The molecule has 18 heavy (non-hydrogen) atoms. The van der Waals surface area contributed by atoms with Crippen LogP contribution in [0.25, 0.3) is 5.76 Å². The molecule has 0 aromatic heterocycles. The van der Waals surface area contributed by atoms with Crippen LogP contribution in [-0.4, -0.2) is 8.32 Å². The Bertz CT molecular complexity index is 487. The summed E-state index contributed by atoms with van der Waals surface area (Å²) in [5.74, 6) is 3.37. The van der Waals surface area contributed by atoms with Crippen LogP contribution >= 0.6 is 0 Å². The van der Waals surface area contributed by atoms with E-state index in [4.69, 9.17) is 10.8 Å². The Kier molecular flexibility index (Phi) is 4.08. The maximum Gasteiger partial charge on any atom is 0.250 e. The van der Waals surface area contributed by atoms with Gasteiger partial charge in [-0.05, 0) is 24.2 Å². The lowest BCUT2D eigenvalue weighted by molar-refractivity contribution is 0.459. The van der Waals surface area contributed by atoms with Gasteiger partial charge in [0.1, 0.15) is 5.76 Å². The zero-order chi connectivity index (χ0) is 14.0. The van der Waals surface area contributed by atoms with Crippen LogP contribution in [0.3, 0.4) is 0 Å². The van der Waals surface area contributed by atoms with Crippen molar-refractivity contribution in [2.75, 3.05) is 0 Å². The summed E-state index contributed by atoms with van der Waals surface area (Å²) < 4.78 is 6.18. The van der Waals surface area contributed by atoms with Gasteiger partial charge in [-0.3, -0.25) is 0 Å². The molecule has 0 bridgehead atoms. The molecule has 0 saturated carbocycles. The molecule has 1 aromatic carbocycles. The molecule has 0 fully saturated rings. The molecule has 96 valence electrons. The second-order valence-electron chi connectivity index (χ2n) is 5.98. The lowest BCUT2D eigenvalue weighted by Crippen LogP contribution is -2.40. The van der Waals surface area contributed by atoms with Crippen molar-refractivity contribution in [1.82, 2.24) is 0 Å². The van der Waals surface area contributed by atoms with E-state index in [0.717, 1.165) is 11.1 Å². The Morgan fingerprint density at radius 1 is 1.28 bits per heavy atom. The zero-order valence-electron chi connectivity index (χ0n) is 12.0. The van der Waals surface area contributed by atoms with Crippen LogP contribution in [0.15, 0.2) is 30.8 Å². The number of benzene rings is 1. The van der Waals surface area contributed by atoms with E-state index in [9.17, 15) is 0 Å². The first kappa shape index (κ1) is 14.6. The molecule has 0 spiro atoms. The van der Waals surface area contributed by atoms with Gasteiger partial charge in [-0.1, -0.05) is 51.5 Å². The Morgan fingerprint density at radius 3 is 2.33 bits per heavy atom. The predicted octanol–water partition coefficient (Wildman–Crippen LogP) is 4.66. The quantitative estimate of drug-likeness (QED) is 0.435. The molecule has 0 radical (unpaired) electrons. The van der Waals surface area contributed by atoms with Crippen molar-refractivity contribution >= 4 is 14.1 Å². The minimum atomic E-state index is -1.85. The Hall–Kier alpha value is -1.46. The standard InChI is InChI=1S/C16H22OSi/c1-8-14-11-9-10-12-15(14)13(2)17-18(6,7)16(3,4)5/h1,9-12H,2H2,3-7H3. The van der Waals surface area contributed by atoms with E-state index in [0.29, 0.717) is 5.76 Å². The molecule has 0 atom stereocenters. The Balaban J connectivity index is 3.01.